The third-order valence-electron chi connectivity index (χ3n) is 2.19. The first-order valence-electron chi connectivity index (χ1n) is 4.64. The van der Waals surface area contributed by atoms with Gasteiger partial charge in [-0.15, -0.1) is 0 Å². The highest BCUT2D eigenvalue weighted by atomic mass is 79.9. The van der Waals surface area contributed by atoms with Crippen LogP contribution in [0.3, 0.4) is 0 Å². The fraction of sp³-hybridized carbons (Fsp3) is 0.0769. The molecule has 0 nitrogen and oxygen atoms in total. The van der Waals surface area contributed by atoms with Crippen LogP contribution >= 0.6 is 0 Å². The lowest BCUT2D eigenvalue weighted by Gasteiger charge is -2.00. The second-order valence-corrected chi connectivity index (χ2v) is 5.10. The largest absolute Gasteiger partial charge is 1.00 e. The van der Waals surface area contributed by atoms with Gasteiger partial charge in [-0.05, 0) is 24.3 Å². The molecule has 0 saturated carbocycles. The van der Waals surface area contributed by atoms with Crippen molar-refractivity contribution in [2.75, 3.05) is 6.26 Å². The Balaban J connectivity index is 0.00000112. The third-order valence-corrected chi connectivity index (χ3v) is 4.15. The highest BCUT2D eigenvalue weighted by Gasteiger charge is 2.17. The molecule has 0 aliphatic carbocycles. The lowest BCUT2D eigenvalue weighted by Crippen LogP contribution is -3.00. The molecule has 0 bridgehead atoms. The first-order valence-corrected chi connectivity index (χ1v) is 6.27. The van der Waals surface area contributed by atoms with Crippen LogP contribution in [0.1, 0.15) is 0 Å². The van der Waals surface area contributed by atoms with Crippen LogP contribution in [0, 0.1) is 0 Å². The zero-order chi connectivity index (χ0) is 9.80. The summed E-state index contributed by atoms with van der Waals surface area (Å²) in [5.74, 6) is 0. The molecule has 0 radical (unpaired) electrons. The third kappa shape index (κ3) is 3.11. The normalized spacial score (nSPS) is 9.73. The van der Waals surface area contributed by atoms with Gasteiger partial charge in [0.25, 0.3) is 0 Å². The minimum Gasteiger partial charge on any atom is -1.00 e. The number of rotatable bonds is 2. The van der Waals surface area contributed by atoms with Crippen molar-refractivity contribution >= 4 is 10.9 Å². The van der Waals surface area contributed by atoms with Gasteiger partial charge >= 0.3 is 0 Å². The number of halogens is 1. The van der Waals surface area contributed by atoms with Crippen LogP contribution < -0.4 is 17.0 Å². The van der Waals surface area contributed by atoms with Gasteiger partial charge in [-0.25, -0.2) is 0 Å². The van der Waals surface area contributed by atoms with Crippen molar-refractivity contribution in [1.29, 1.82) is 0 Å². The fourth-order valence-electron chi connectivity index (χ4n) is 1.39. The summed E-state index contributed by atoms with van der Waals surface area (Å²) >= 11 is 0. The number of hydrogen-bond donors (Lipinski definition) is 0. The van der Waals surface area contributed by atoms with Crippen LogP contribution in [-0.2, 0) is 10.9 Å². The Bertz CT molecular complexity index is 346. The molecule has 0 aliphatic heterocycles. The summed E-state index contributed by atoms with van der Waals surface area (Å²) < 4.78 is 0. The van der Waals surface area contributed by atoms with E-state index in [1.165, 1.54) is 9.79 Å². The monoisotopic (exact) mass is 280 g/mol. The Labute approximate surface area is 104 Å². The Kier molecular flexibility index (Phi) is 4.92. The second kappa shape index (κ2) is 5.99. The lowest BCUT2D eigenvalue weighted by molar-refractivity contribution is -0.00000284. The second-order valence-electron chi connectivity index (χ2n) is 3.14. The summed E-state index contributed by atoms with van der Waals surface area (Å²) in [5, 5.41) is 0. The predicted molar refractivity (Wildman–Crippen MR) is 62.7 cm³/mol. The van der Waals surface area contributed by atoms with Crippen LogP contribution in [-0.4, -0.2) is 6.26 Å². The van der Waals surface area contributed by atoms with Gasteiger partial charge in [0.2, 0.25) is 0 Å². The molecule has 0 saturated heterocycles. The number of benzene rings is 2. The molecule has 78 valence electrons. The Hall–Kier alpha value is -0.730. The van der Waals surface area contributed by atoms with Crippen LogP contribution in [0.2, 0.25) is 0 Å². The average Bonchev–Trinajstić information content (AvgIpc) is 2.30. The molecule has 0 amide bonds. The van der Waals surface area contributed by atoms with E-state index >= 15 is 0 Å². The number of hydrogen-bond acceptors (Lipinski definition) is 0. The Morgan fingerprint density at radius 1 is 0.667 bits per heavy atom. The molecule has 0 N–H and O–H groups in total. The molecule has 0 fully saturated rings. The highest BCUT2D eigenvalue weighted by molar-refractivity contribution is 7.96. The van der Waals surface area contributed by atoms with Crippen LogP contribution in [0.4, 0.5) is 0 Å². The van der Waals surface area contributed by atoms with Crippen molar-refractivity contribution in [3.05, 3.63) is 60.7 Å². The van der Waals surface area contributed by atoms with E-state index in [0.717, 1.165) is 0 Å². The van der Waals surface area contributed by atoms with E-state index in [-0.39, 0.29) is 27.9 Å². The predicted octanol–water partition coefficient (Wildman–Crippen LogP) is 0.357. The van der Waals surface area contributed by atoms with Crippen LogP contribution in [0.25, 0.3) is 0 Å². The van der Waals surface area contributed by atoms with Gasteiger partial charge in [-0.2, -0.15) is 0 Å². The maximum atomic E-state index is 2.27. The molecule has 0 heterocycles. The minimum absolute atomic E-state index is 0. The average molecular weight is 281 g/mol. The van der Waals surface area contributed by atoms with Gasteiger partial charge in [0.1, 0.15) is 6.26 Å². The first kappa shape index (κ1) is 12.3. The van der Waals surface area contributed by atoms with Crippen molar-refractivity contribution in [3.8, 4) is 0 Å². The van der Waals surface area contributed by atoms with Gasteiger partial charge in [0.05, 0.1) is 10.9 Å². The molecular formula is C13H13BrS. The minimum atomic E-state index is 0. The van der Waals surface area contributed by atoms with Crippen molar-refractivity contribution in [2.45, 2.75) is 9.79 Å². The zero-order valence-corrected chi connectivity index (χ0v) is 11.0. The molecule has 15 heavy (non-hydrogen) atoms. The molecular weight excluding hydrogens is 268 g/mol. The first-order chi connectivity index (χ1) is 6.88. The van der Waals surface area contributed by atoms with E-state index in [1.807, 2.05) is 0 Å². The quantitative estimate of drug-likeness (QED) is 0.697. The van der Waals surface area contributed by atoms with Gasteiger partial charge < -0.3 is 17.0 Å². The van der Waals surface area contributed by atoms with E-state index in [1.54, 1.807) is 0 Å². The van der Waals surface area contributed by atoms with Crippen molar-refractivity contribution in [2.24, 2.45) is 0 Å². The molecule has 0 aromatic heterocycles. The van der Waals surface area contributed by atoms with Gasteiger partial charge in [0, 0.05) is 0 Å². The van der Waals surface area contributed by atoms with Gasteiger partial charge in [0.15, 0.2) is 9.79 Å². The highest BCUT2D eigenvalue weighted by Crippen LogP contribution is 2.19. The summed E-state index contributed by atoms with van der Waals surface area (Å²) in [5.41, 5.74) is 0. The SMILES string of the molecule is C[S+](c1ccccc1)c1ccccc1.[Br-]. The van der Waals surface area contributed by atoms with E-state index in [9.17, 15) is 0 Å². The molecule has 2 aromatic carbocycles. The van der Waals surface area contributed by atoms with E-state index < -0.39 is 0 Å². The van der Waals surface area contributed by atoms with E-state index in [2.05, 4.69) is 66.9 Å². The fourth-order valence-corrected chi connectivity index (χ4v) is 2.79. The maximum Gasteiger partial charge on any atom is 0.160 e. The topological polar surface area (TPSA) is 0 Å². The Morgan fingerprint density at radius 2 is 1.00 bits per heavy atom. The van der Waals surface area contributed by atoms with E-state index in [4.69, 9.17) is 0 Å². The van der Waals surface area contributed by atoms with Gasteiger partial charge in [-0.3, -0.25) is 0 Å². The molecule has 0 atom stereocenters. The summed E-state index contributed by atoms with van der Waals surface area (Å²) in [7, 11) is 0.203. The Morgan fingerprint density at radius 3 is 1.33 bits per heavy atom. The molecule has 2 heteroatoms. The maximum absolute atomic E-state index is 2.27. The summed E-state index contributed by atoms with van der Waals surface area (Å²) in [4.78, 5) is 2.80. The van der Waals surface area contributed by atoms with E-state index in [0.29, 0.717) is 0 Å². The summed E-state index contributed by atoms with van der Waals surface area (Å²) in [6.45, 7) is 0. The standard InChI is InChI=1S/C13H13S.BrH/c1-14(12-8-4-2-5-9-12)13-10-6-3-7-11-13;/h2-11H,1H3;1H/q+1;/p-1. The summed E-state index contributed by atoms with van der Waals surface area (Å²) in [6, 6.07) is 21.3. The molecule has 0 spiro atoms. The van der Waals surface area contributed by atoms with Crippen molar-refractivity contribution in [1.82, 2.24) is 0 Å². The molecule has 0 unspecified atom stereocenters. The van der Waals surface area contributed by atoms with Gasteiger partial charge in [-0.1, -0.05) is 36.4 Å². The van der Waals surface area contributed by atoms with Crippen molar-refractivity contribution < 1.29 is 17.0 Å². The zero-order valence-electron chi connectivity index (χ0n) is 8.56. The van der Waals surface area contributed by atoms with Crippen molar-refractivity contribution in [3.63, 3.8) is 0 Å². The molecule has 0 aliphatic rings. The lowest BCUT2D eigenvalue weighted by atomic mass is 10.4. The smallest absolute Gasteiger partial charge is 0.160 e. The molecule has 2 aromatic rings. The van der Waals surface area contributed by atoms with Crippen LogP contribution in [0.15, 0.2) is 70.5 Å². The molecule has 2 rings (SSSR count). The van der Waals surface area contributed by atoms with Crippen LogP contribution in [0.5, 0.6) is 0 Å². The summed E-state index contributed by atoms with van der Waals surface area (Å²) in [6.07, 6.45) is 2.27.